The van der Waals surface area contributed by atoms with Gasteiger partial charge in [-0.05, 0) is 36.1 Å². The summed E-state index contributed by atoms with van der Waals surface area (Å²) in [4.78, 5) is 15.1. The molecule has 4 N–H and O–H groups in total. The van der Waals surface area contributed by atoms with Crippen molar-refractivity contribution in [1.82, 2.24) is 4.98 Å². The van der Waals surface area contributed by atoms with Crippen LogP contribution in [0.4, 0.5) is 5.82 Å². The third-order valence-electron chi connectivity index (χ3n) is 2.41. The van der Waals surface area contributed by atoms with Crippen molar-refractivity contribution in [2.75, 3.05) is 5.73 Å². The van der Waals surface area contributed by atoms with Crippen molar-refractivity contribution in [3.8, 4) is 0 Å². The van der Waals surface area contributed by atoms with Crippen molar-refractivity contribution in [1.29, 1.82) is 0 Å². The molecule has 0 radical (unpaired) electrons. The number of aromatic nitrogens is 1. The topological polar surface area (TPSA) is 82.0 Å². The van der Waals surface area contributed by atoms with Gasteiger partial charge in [0.1, 0.15) is 5.82 Å². The Morgan fingerprint density at radius 2 is 1.94 bits per heavy atom. The van der Waals surface area contributed by atoms with Crippen molar-refractivity contribution in [2.24, 2.45) is 5.73 Å². The summed E-state index contributed by atoms with van der Waals surface area (Å²) >= 11 is 0. The smallest absolute Gasteiger partial charge is 0.248 e. The van der Waals surface area contributed by atoms with E-state index in [1.807, 2.05) is 26.8 Å². The molecule has 2 aromatic rings. The molecule has 0 saturated heterocycles. The fourth-order valence-corrected chi connectivity index (χ4v) is 1.62. The second kappa shape index (κ2) is 5.30. The van der Waals surface area contributed by atoms with E-state index in [0.717, 1.165) is 16.3 Å². The van der Waals surface area contributed by atoms with E-state index in [4.69, 9.17) is 11.5 Å². The lowest BCUT2D eigenvalue weighted by atomic mass is 10.0. The summed E-state index contributed by atoms with van der Waals surface area (Å²) in [5, 5.41) is 1.72. The van der Waals surface area contributed by atoms with E-state index in [1.54, 1.807) is 18.3 Å². The second-order valence-electron chi connectivity index (χ2n) is 3.45. The van der Waals surface area contributed by atoms with Crippen molar-refractivity contribution in [3.05, 3.63) is 35.5 Å². The molecule has 90 valence electrons. The van der Waals surface area contributed by atoms with Crippen LogP contribution in [-0.4, -0.2) is 10.9 Å². The zero-order valence-electron chi connectivity index (χ0n) is 10.3. The molecule has 4 nitrogen and oxygen atoms in total. The summed E-state index contributed by atoms with van der Waals surface area (Å²) in [5.41, 5.74) is 12.3. The molecule has 4 heteroatoms. The number of anilines is 1. The number of aryl methyl sites for hydroxylation is 1. The molecule has 0 aliphatic carbocycles. The number of carbonyl (C=O) groups excluding carboxylic acids is 1. The third kappa shape index (κ3) is 2.53. The Morgan fingerprint density at radius 1 is 1.29 bits per heavy atom. The highest BCUT2D eigenvalue weighted by molar-refractivity contribution is 6.01. The number of primary amides is 1. The summed E-state index contributed by atoms with van der Waals surface area (Å²) in [6.07, 6.45) is 1.61. The molecule has 1 aromatic heterocycles. The zero-order valence-corrected chi connectivity index (χ0v) is 10.3. The quantitative estimate of drug-likeness (QED) is 0.789. The van der Waals surface area contributed by atoms with Gasteiger partial charge >= 0.3 is 0 Å². The van der Waals surface area contributed by atoms with E-state index in [1.165, 1.54) is 0 Å². The van der Waals surface area contributed by atoms with Crippen LogP contribution in [0.3, 0.4) is 0 Å². The lowest BCUT2D eigenvalue weighted by Gasteiger charge is -2.06. The highest BCUT2D eigenvalue weighted by Crippen LogP contribution is 2.22. The van der Waals surface area contributed by atoms with Crippen molar-refractivity contribution in [2.45, 2.75) is 20.8 Å². The summed E-state index contributed by atoms with van der Waals surface area (Å²) in [5.74, 6) is 0.0383. The third-order valence-corrected chi connectivity index (χ3v) is 2.41. The van der Waals surface area contributed by atoms with E-state index in [0.29, 0.717) is 11.4 Å². The van der Waals surface area contributed by atoms with E-state index in [9.17, 15) is 4.79 Å². The Kier molecular flexibility index (Phi) is 4.04. The van der Waals surface area contributed by atoms with E-state index >= 15 is 0 Å². The molecule has 0 saturated carbocycles. The Balaban J connectivity index is 0.000000686. The number of hydrogen-bond acceptors (Lipinski definition) is 3. The van der Waals surface area contributed by atoms with E-state index in [-0.39, 0.29) is 0 Å². The highest BCUT2D eigenvalue weighted by atomic mass is 16.1. The van der Waals surface area contributed by atoms with Crippen molar-refractivity contribution in [3.63, 3.8) is 0 Å². The van der Waals surface area contributed by atoms with Gasteiger partial charge in [0, 0.05) is 17.1 Å². The van der Waals surface area contributed by atoms with Crippen LogP contribution in [0.1, 0.15) is 29.8 Å². The fraction of sp³-hybridized carbons (Fsp3) is 0.231. The minimum atomic E-state index is -0.426. The largest absolute Gasteiger partial charge is 0.383 e. The number of nitrogens with zero attached hydrogens (tertiary/aromatic N) is 1. The molecular formula is C13H17N3O. The number of pyridine rings is 1. The number of rotatable bonds is 1. The van der Waals surface area contributed by atoms with Crippen LogP contribution in [0.25, 0.3) is 10.8 Å². The van der Waals surface area contributed by atoms with Gasteiger partial charge in [-0.15, -0.1) is 0 Å². The van der Waals surface area contributed by atoms with E-state index in [2.05, 4.69) is 4.98 Å². The minimum absolute atomic E-state index is 0.426. The van der Waals surface area contributed by atoms with Gasteiger partial charge in [-0.2, -0.15) is 0 Å². The highest BCUT2D eigenvalue weighted by Gasteiger charge is 2.07. The predicted octanol–water partition coefficient (Wildman–Crippen LogP) is 2.25. The Morgan fingerprint density at radius 3 is 2.53 bits per heavy atom. The van der Waals surface area contributed by atoms with Gasteiger partial charge in [0.2, 0.25) is 5.91 Å². The zero-order chi connectivity index (χ0) is 13.0. The number of hydrogen-bond donors (Lipinski definition) is 2. The molecule has 0 spiro atoms. The summed E-state index contributed by atoms with van der Waals surface area (Å²) in [6, 6.07) is 5.38. The maximum absolute atomic E-state index is 11.1. The molecule has 0 unspecified atom stereocenters. The number of benzene rings is 1. The monoisotopic (exact) mass is 231 g/mol. The molecule has 0 aliphatic rings. The number of nitrogen functional groups attached to an aromatic ring is 1. The maximum atomic E-state index is 11.1. The van der Waals surface area contributed by atoms with Gasteiger partial charge in [0.25, 0.3) is 0 Å². The molecule has 2 rings (SSSR count). The molecular weight excluding hydrogens is 214 g/mol. The minimum Gasteiger partial charge on any atom is -0.383 e. The summed E-state index contributed by atoms with van der Waals surface area (Å²) < 4.78 is 0. The molecule has 17 heavy (non-hydrogen) atoms. The summed E-state index contributed by atoms with van der Waals surface area (Å²) in [7, 11) is 0. The lowest BCUT2D eigenvalue weighted by molar-refractivity contribution is 0.1000. The Bertz CT molecular complexity index is 550. The van der Waals surface area contributed by atoms with E-state index < -0.39 is 5.91 Å². The molecule has 0 aliphatic heterocycles. The fourth-order valence-electron chi connectivity index (χ4n) is 1.62. The predicted molar refractivity (Wildman–Crippen MR) is 70.8 cm³/mol. The van der Waals surface area contributed by atoms with Crippen LogP contribution < -0.4 is 11.5 Å². The Labute approximate surface area is 101 Å². The van der Waals surface area contributed by atoms with Crippen LogP contribution in [-0.2, 0) is 0 Å². The average Bonchev–Trinajstić information content (AvgIpc) is 2.32. The van der Waals surface area contributed by atoms with Crippen LogP contribution >= 0.6 is 0 Å². The first-order valence-corrected chi connectivity index (χ1v) is 5.54. The van der Waals surface area contributed by atoms with Crippen molar-refractivity contribution >= 4 is 22.5 Å². The van der Waals surface area contributed by atoms with Gasteiger partial charge in [-0.25, -0.2) is 4.98 Å². The van der Waals surface area contributed by atoms with Crippen LogP contribution in [0.15, 0.2) is 24.4 Å². The molecule has 1 aromatic carbocycles. The first-order chi connectivity index (χ1) is 8.09. The maximum Gasteiger partial charge on any atom is 0.248 e. The SMILES string of the molecule is CC.Cc1cc2c(N)nccc2cc1C(N)=O. The van der Waals surface area contributed by atoms with Gasteiger partial charge < -0.3 is 11.5 Å². The molecule has 0 atom stereocenters. The number of amides is 1. The standard InChI is InChI=1S/C11H11N3O.C2H6/c1-6-4-9-7(2-3-14-10(9)12)5-8(6)11(13)15;1-2/h2-5H,1H3,(H2,12,14)(H2,13,15);1-2H3. The lowest BCUT2D eigenvalue weighted by Crippen LogP contribution is -2.12. The van der Waals surface area contributed by atoms with Crippen molar-refractivity contribution < 1.29 is 4.79 Å². The normalized spacial score (nSPS) is 9.59. The van der Waals surface area contributed by atoms with Gasteiger partial charge in [-0.3, -0.25) is 4.79 Å². The van der Waals surface area contributed by atoms with Crippen LogP contribution in [0.2, 0.25) is 0 Å². The first-order valence-electron chi connectivity index (χ1n) is 5.54. The summed E-state index contributed by atoms with van der Waals surface area (Å²) in [6.45, 7) is 5.83. The van der Waals surface area contributed by atoms with Gasteiger partial charge in [-0.1, -0.05) is 13.8 Å². The average molecular weight is 231 g/mol. The molecule has 1 amide bonds. The number of nitrogens with two attached hydrogens (primary N) is 2. The molecule has 1 heterocycles. The number of fused-ring (bicyclic) bond motifs is 1. The van der Waals surface area contributed by atoms with Crippen LogP contribution in [0.5, 0.6) is 0 Å². The first kappa shape index (κ1) is 13.0. The van der Waals surface area contributed by atoms with Crippen LogP contribution in [0, 0.1) is 6.92 Å². The van der Waals surface area contributed by atoms with Gasteiger partial charge in [0.05, 0.1) is 0 Å². The van der Waals surface area contributed by atoms with Gasteiger partial charge in [0.15, 0.2) is 0 Å². The Hall–Kier alpha value is -2.10. The molecule has 0 fully saturated rings. The second-order valence-corrected chi connectivity index (χ2v) is 3.45. The number of carbonyl (C=O) groups is 1. The molecule has 0 bridgehead atoms.